The molecule has 6 nitrogen and oxygen atoms in total. The zero-order valence-electron chi connectivity index (χ0n) is 14.9. The first-order valence-corrected chi connectivity index (χ1v) is 8.37. The Balaban J connectivity index is 0.00000312. The Bertz CT molecular complexity index is 643. The number of aryl methyl sites for hydroxylation is 1. The summed E-state index contributed by atoms with van der Waals surface area (Å²) in [4.78, 5) is 16.6. The standard InChI is InChI=1S/C18H25N3O3.ClH/c1-4-11-23-15-7-5-14(6-8-15)16(22)9-10-18-20-17(21-24-18)12-13(2)19-3;/h5-8,13,19H,4,9-12H2,1-3H3;1H. The number of nitrogens with zero attached hydrogens (tertiary/aromatic N) is 2. The lowest BCUT2D eigenvalue weighted by molar-refractivity contribution is 0.0979. The first-order chi connectivity index (χ1) is 11.6. The highest BCUT2D eigenvalue weighted by Crippen LogP contribution is 2.14. The molecule has 2 aromatic rings. The van der Waals surface area contributed by atoms with Gasteiger partial charge in [-0.3, -0.25) is 4.79 Å². The van der Waals surface area contributed by atoms with E-state index in [1.165, 1.54) is 0 Å². The maximum atomic E-state index is 12.2. The molecule has 0 amide bonds. The lowest BCUT2D eigenvalue weighted by Crippen LogP contribution is -2.24. The van der Waals surface area contributed by atoms with Gasteiger partial charge in [0.15, 0.2) is 11.6 Å². The summed E-state index contributed by atoms with van der Waals surface area (Å²) in [5, 5.41) is 7.07. The Labute approximate surface area is 154 Å². The molecular formula is C18H26ClN3O3. The molecule has 25 heavy (non-hydrogen) atoms. The summed E-state index contributed by atoms with van der Waals surface area (Å²) in [5.41, 5.74) is 0.669. The molecule has 1 atom stereocenters. The van der Waals surface area contributed by atoms with E-state index in [4.69, 9.17) is 9.26 Å². The summed E-state index contributed by atoms with van der Waals surface area (Å²) in [6.07, 6.45) is 2.46. The number of carbonyl (C=O) groups excluding carboxylic acids is 1. The van der Waals surface area contributed by atoms with Gasteiger partial charge in [0, 0.05) is 30.9 Å². The molecule has 0 bridgehead atoms. The van der Waals surface area contributed by atoms with E-state index in [0.29, 0.717) is 43.1 Å². The molecule has 1 N–H and O–H groups in total. The second-order valence-corrected chi connectivity index (χ2v) is 5.79. The van der Waals surface area contributed by atoms with E-state index < -0.39 is 0 Å². The number of nitrogens with one attached hydrogen (secondary N) is 1. The first-order valence-electron chi connectivity index (χ1n) is 8.37. The number of hydrogen-bond donors (Lipinski definition) is 1. The minimum Gasteiger partial charge on any atom is -0.494 e. The second-order valence-electron chi connectivity index (χ2n) is 5.79. The van der Waals surface area contributed by atoms with Crippen LogP contribution in [0.2, 0.25) is 0 Å². The summed E-state index contributed by atoms with van der Waals surface area (Å²) in [5.74, 6) is 2.01. The van der Waals surface area contributed by atoms with E-state index in [2.05, 4.69) is 22.4 Å². The molecular weight excluding hydrogens is 342 g/mol. The van der Waals surface area contributed by atoms with Crippen LogP contribution in [-0.4, -0.2) is 35.6 Å². The van der Waals surface area contributed by atoms with Crippen LogP contribution in [0.5, 0.6) is 5.75 Å². The van der Waals surface area contributed by atoms with Crippen molar-refractivity contribution >= 4 is 18.2 Å². The zero-order chi connectivity index (χ0) is 17.4. The van der Waals surface area contributed by atoms with Gasteiger partial charge < -0.3 is 14.6 Å². The maximum Gasteiger partial charge on any atom is 0.227 e. The van der Waals surface area contributed by atoms with E-state index in [0.717, 1.165) is 12.2 Å². The van der Waals surface area contributed by atoms with Gasteiger partial charge in [-0.25, -0.2) is 0 Å². The minimum absolute atomic E-state index is 0. The molecule has 2 rings (SSSR count). The highest BCUT2D eigenvalue weighted by molar-refractivity contribution is 5.96. The van der Waals surface area contributed by atoms with E-state index in [-0.39, 0.29) is 24.2 Å². The number of ketones is 1. The number of carbonyl (C=O) groups is 1. The molecule has 138 valence electrons. The third kappa shape index (κ3) is 6.84. The van der Waals surface area contributed by atoms with Crippen molar-refractivity contribution < 1.29 is 14.1 Å². The monoisotopic (exact) mass is 367 g/mol. The van der Waals surface area contributed by atoms with Crippen LogP contribution >= 0.6 is 12.4 Å². The van der Waals surface area contributed by atoms with E-state index in [1.807, 2.05) is 26.1 Å². The Morgan fingerprint density at radius 3 is 2.68 bits per heavy atom. The molecule has 1 aromatic heterocycles. The summed E-state index contributed by atoms with van der Waals surface area (Å²) >= 11 is 0. The van der Waals surface area contributed by atoms with Crippen LogP contribution in [0.1, 0.15) is 48.8 Å². The summed E-state index contributed by atoms with van der Waals surface area (Å²) in [7, 11) is 1.89. The Morgan fingerprint density at radius 2 is 2.04 bits per heavy atom. The SMILES string of the molecule is CCCOc1ccc(C(=O)CCc2nc(CC(C)NC)no2)cc1.Cl. The highest BCUT2D eigenvalue weighted by atomic mass is 35.5. The van der Waals surface area contributed by atoms with Crippen molar-refractivity contribution in [3.63, 3.8) is 0 Å². The molecule has 7 heteroatoms. The molecule has 0 aliphatic heterocycles. The van der Waals surface area contributed by atoms with E-state index in [9.17, 15) is 4.79 Å². The predicted molar refractivity (Wildman–Crippen MR) is 98.7 cm³/mol. The number of aromatic nitrogens is 2. The van der Waals surface area contributed by atoms with Gasteiger partial charge in [-0.1, -0.05) is 12.1 Å². The van der Waals surface area contributed by atoms with Crippen LogP contribution in [-0.2, 0) is 12.8 Å². The van der Waals surface area contributed by atoms with Crippen molar-refractivity contribution in [3.8, 4) is 5.75 Å². The van der Waals surface area contributed by atoms with Gasteiger partial charge in [-0.05, 0) is 44.7 Å². The molecule has 0 saturated carbocycles. The third-order valence-corrected chi connectivity index (χ3v) is 3.71. The van der Waals surface area contributed by atoms with Gasteiger partial charge in [0.1, 0.15) is 5.75 Å². The van der Waals surface area contributed by atoms with Crippen LogP contribution in [0.3, 0.4) is 0 Å². The molecule has 0 spiro atoms. The Kier molecular flexibility index (Phi) is 9.16. The topological polar surface area (TPSA) is 77.2 Å². The van der Waals surface area contributed by atoms with Gasteiger partial charge in [-0.15, -0.1) is 12.4 Å². The second kappa shape index (κ2) is 10.8. The number of rotatable bonds is 10. The minimum atomic E-state index is 0. The number of ether oxygens (including phenoxy) is 1. The molecule has 0 aliphatic carbocycles. The van der Waals surface area contributed by atoms with Crippen molar-refractivity contribution in [2.45, 2.75) is 45.6 Å². The summed E-state index contributed by atoms with van der Waals surface area (Å²) < 4.78 is 10.7. The lowest BCUT2D eigenvalue weighted by atomic mass is 10.1. The Hall–Kier alpha value is -1.92. The quantitative estimate of drug-likeness (QED) is 0.649. The fraction of sp³-hybridized carbons (Fsp3) is 0.500. The molecule has 1 unspecified atom stereocenters. The van der Waals surface area contributed by atoms with Crippen molar-refractivity contribution in [1.29, 1.82) is 0 Å². The van der Waals surface area contributed by atoms with Crippen LogP contribution < -0.4 is 10.1 Å². The van der Waals surface area contributed by atoms with Gasteiger partial charge in [-0.2, -0.15) is 4.98 Å². The van der Waals surface area contributed by atoms with Crippen LogP contribution in [0.15, 0.2) is 28.8 Å². The van der Waals surface area contributed by atoms with Gasteiger partial charge in [0.2, 0.25) is 5.89 Å². The van der Waals surface area contributed by atoms with Crippen molar-refractivity contribution in [2.75, 3.05) is 13.7 Å². The van der Waals surface area contributed by atoms with Crippen molar-refractivity contribution in [3.05, 3.63) is 41.5 Å². The van der Waals surface area contributed by atoms with Crippen LogP contribution in [0.25, 0.3) is 0 Å². The molecule has 0 radical (unpaired) electrons. The summed E-state index contributed by atoms with van der Waals surface area (Å²) in [6, 6.07) is 7.52. The fourth-order valence-electron chi connectivity index (χ4n) is 2.17. The average Bonchev–Trinajstić information content (AvgIpc) is 3.05. The highest BCUT2D eigenvalue weighted by Gasteiger charge is 2.12. The fourth-order valence-corrected chi connectivity index (χ4v) is 2.17. The van der Waals surface area contributed by atoms with Gasteiger partial charge >= 0.3 is 0 Å². The molecule has 0 aliphatic rings. The smallest absolute Gasteiger partial charge is 0.227 e. The molecule has 0 saturated heterocycles. The van der Waals surface area contributed by atoms with Gasteiger partial charge in [0.25, 0.3) is 0 Å². The maximum absolute atomic E-state index is 12.2. The van der Waals surface area contributed by atoms with Crippen molar-refractivity contribution in [1.82, 2.24) is 15.5 Å². The largest absolute Gasteiger partial charge is 0.494 e. The summed E-state index contributed by atoms with van der Waals surface area (Å²) in [6.45, 7) is 4.78. The number of hydrogen-bond acceptors (Lipinski definition) is 6. The molecule has 0 fully saturated rings. The van der Waals surface area contributed by atoms with Gasteiger partial charge in [0.05, 0.1) is 6.61 Å². The van der Waals surface area contributed by atoms with E-state index in [1.54, 1.807) is 12.1 Å². The van der Waals surface area contributed by atoms with Crippen LogP contribution in [0, 0.1) is 0 Å². The van der Waals surface area contributed by atoms with Crippen LogP contribution in [0.4, 0.5) is 0 Å². The first kappa shape index (κ1) is 21.1. The molecule has 1 heterocycles. The number of benzene rings is 1. The molecule has 1 aromatic carbocycles. The number of likely N-dealkylation sites (N-methyl/N-ethyl adjacent to an activating group) is 1. The number of Topliss-reactive ketones (excluding diaryl/α,β-unsaturated/α-hetero) is 1. The zero-order valence-corrected chi connectivity index (χ0v) is 15.8. The van der Waals surface area contributed by atoms with Crippen molar-refractivity contribution in [2.24, 2.45) is 0 Å². The predicted octanol–water partition coefficient (Wildman–Crippen LogP) is 3.25. The Morgan fingerprint density at radius 1 is 1.32 bits per heavy atom. The lowest BCUT2D eigenvalue weighted by Gasteiger charge is -2.05. The normalized spacial score (nSPS) is 11.6. The third-order valence-electron chi connectivity index (χ3n) is 3.71. The number of halogens is 1. The van der Waals surface area contributed by atoms with E-state index >= 15 is 0 Å². The average molecular weight is 368 g/mol.